The van der Waals surface area contributed by atoms with E-state index in [4.69, 9.17) is 4.84 Å². The van der Waals surface area contributed by atoms with E-state index in [0.717, 1.165) is 11.3 Å². The third-order valence-electron chi connectivity index (χ3n) is 6.97. The number of hydrogen-bond acceptors (Lipinski definition) is 6. The van der Waals surface area contributed by atoms with Crippen LogP contribution in [0, 0.1) is 5.92 Å². The second-order valence-corrected chi connectivity index (χ2v) is 11.9. The van der Waals surface area contributed by atoms with Crippen LogP contribution < -0.4 is 5.06 Å². The number of rotatable bonds is 6. The molecule has 0 aliphatic carbocycles. The van der Waals surface area contributed by atoms with E-state index in [2.05, 4.69) is 0 Å². The average Bonchev–Trinajstić information content (AvgIpc) is 3.65. The van der Waals surface area contributed by atoms with Crippen LogP contribution in [0.3, 0.4) is 0 Å². The summed E-state index contributed by atoms with van der Waals surface area (Å²) in [4.78, 5) is 21.5. The van der Waals surface area contributed by atoms with Crippen molar-refractivity contribution in [3.05, 3.63) is 119 Å². The van der Waals surface area contributed by atoms with Gasteiger partial charge in [0.25, 0.3) is 0 Å². The van der Waals surface area contributed by atoms with Crippen LogP contribution in [0.1, 0.15) is 21.3 Å². The van der Waals surface area contributed by atoms with Gasteiger partial charge in [-0.15, -0.1) is 11.3 Å². The van der Waals surface area contributed by atoms with Crippen LogP contribution in [0.4, 0.5) is 5.69 Å². The largest absolute Gasteiger partial charge is 0.290 e. The van der Waals surface area contributed by atoms with E-state index in [0.29, 0.717) is 4.88 Å². The van der Waals surface area contributed by atoms with Crippen molar-refractivity contribution >= 4 is 32.8 Å². The molecule has 1 aromatic heterocycles. The lowest BCUT2D eigenvalue weighted by atomic mass is 9.80. The molecule has 6 nitrogen and oxygen atoms in total. The number of anilines is 1. The minimum atomic E-state index is -3.82. The number of carbonyl (C=O) groups excluding carboxylic acids is 1. The molecule has 2 aliphatic rings. The predicted molar refractivity (Wildman–Crippen MR) is 139 cm³/mol. The van der Waals surface area contributed by atoms with Gasteiger partial charge in [-0.1, -0.05) is 72.8 Å². The first-order valence-electron chi connectivity index (χ1n) is 11.7. The van der Waals surface area contributed by atoms with Gasteiger partial charge < -0.3 is 0 Å². The van der Waals surface area contributed by atoms with Crippen molar-refractivity contribution in [2.45, 2.75) is 16.5 Å². The van der Waals surface area contributed by atoms with Crippen LogP contribution >= 0.6 is 11.3 Å². The van der Waals surface area contributed by atoms with Crippen molar-refractivity contribution in [1.82, 2.24) is 4.31 Å². The molecule has 0 unspecified atom stereocenters. The van der Waals surface area contributed by atoms with Crippen LogP contribution in [0.2, 0.25) is 0 Å². The van der Waals surface area contributed by atoms with Crippen LogP contribution in [-0.4, -0.2) is 37.2 Å². The number of thiophene rings is 1. The quantitative estimate of drug-likeness (QED) is 0.330. The van der Waals surface area contributed by atoms with Crippen LogP contribution in [0.25, 0.3) is 0 Å². The molecule has 0 spiro atoms. The van der Waals surface area contributed by atoms with Gasteiger partial charge in [0, 0.05) is 12.5 Å². The molecule has 0 N–H and O–H groups in total. The topological polar surface area (TPSA) is 66.9 Å². The molecule has 0 radical (unpaired) electrons. The molecule has 8 heteroatoms. The molecule has 36 heavy (non-hydrogen) atoms. The highest BCUT2D eigenvalue weighted by molar-refractivity contribution is 7.89. The highest BCUT2D eigenvalue weighted by Gasteiger charge is 2.65. The molecule has 3 aromatic carbocycles. The van der Waals surface area contributed by atoms with Crippen LogP contribution in [0.5, 0.6) is 0 Å². The Labute approximate surface area is 214 Å². The summed E-state index contributed by atoms with van der Waals surface area (Å²) in [7, 11) is -3.82. The minimum absolute atomic E-state index is 0.0572. The summed E-state index contributed by atoms with van der Waals surface area (Å²) < 4.78 is 28.7. The minimum Gasteiger partial charge on any atom is -0.290 e. The molecular formula is C28H24N2O4S2. The summed E-state index contributed by atoms with van der Waals surface area (Å²) in [6.45, 7) is 0.107. The van der Waals surface area contributed by atoms with E-state index in [1.165, 1.54) is 15.6 Å². The Morgan fingerprint density at radius 2 is 1.50 bits per heavy atom. The number of fused-ring (bicyclic) bond motifs is 1. The Balaban J connectivity index is 1.50. The van der Waals surface area contributed by atoms with Crippen molar-refractivity contribution in [3.8, 4) is 0 Å². The standard InChI is InChI=1S/C28H24N2O4S2/c31-27(25-17-10-18-35-25)28-20-29(36(32,33)23-15-8-3-9-16-23)19-24(28)26(21-11-4-1-5-12-21)30(34-28)22-13-6-2-7-14-22/h1-18,24,26H,19-20H2/t24-,26-,28-/m1/s1. The highest BCUT2D eigenvalue weighted by atomic mass is 32.2. The fraction of sp³-hybridized carbons (Fsp3) is 0.179. The highest BCUT2D eigenvalue weighted by Crippen LogP contribution is 2.53. The lowest BCUT2D eigenvalue weighted by Crippen LogP contribution is -2.46. The third kappa shape index (κ3) is 3.69. The Hall–Kier alpha value is -3.30. The zero-order valence-corrected chi connectivity index (χ0v) is 20.9. The molecule has 2 saturated heterocycles. The Bertz CT molecular complexity index is 1460. The van der Waals surface area contributed by atoms with Crippen molar-refractivity contribution in [2.75, 3.05) is 18.2 Å². The number of benzene rings is 3. The van der Waals surface area contributed by atoms with Gasteiger partial charge >= 0.3 is 0 Å². The van der Waals surface area contributed by atoms with Gasteiger partial charge in [-0.2, -0.15) is 4.31 Å². The maximum Gasteiger partial charge on any atom is 0.243 e. The third-order valence-corrected chi connectivity index (χ3v) is 9.66. The molecule has 0 bridgehead atoms. The second-order valence-electron chi connectivity index (χ2n) is 9.02. The number of para-hydroxylation sites is 1. The normalized spacial score (nSPS) is 24.1. The maximum absolute atomic E-state index is 14.1. The lowest BCUT2D eigenvalue weighted by molar-refractivity contribution is -0.00360. The Morgan fingerprint density at radius 3 is 2.14 bits per heavy atom. The fourth-order valence-corrected chi connectivity index (χ4v) is 7.55. The molecule has 182 valence electrons. The average molecular weight is 517 g/mol. The number of carbonyl (C=O) groups is 1. The van der Waals surface area contributed by atoms with E-state index in [-0.39, 0.29) is 29.8 Å². The van der Waals surface area contributed by atoms with Gasteiger partial charge in [0.2, 0.25) is 15.8 Å². The number of ketones is 1. The summed E-state index contributed by atoms with van der Waals surface area (Å²) >= 11 is 1.34. The van der Waals surface area contributed by atoms with Gasteiger partial charge in [0.1, 0.15) is 0 Å². The summed E-state index contributed by atoms with van der Waals surface area (Å²) in [5.41, 5.74) is 0.422. The second kappa shape index (κ2) is 8.97. The van der Waals surface area contributed by atoms with Crippen LogP contribution in [-0.2, 0) is 14.9 Å². The molecule has 3 atom stereocenters. The zero-order chi connectivity index (χ0) is 24.8. The SMILES string of the molecule is O=C(c1cccs1)[C@@]12CN(S(=O)(=O)c3ccccc3)C[C@@H]1[C@@H](c1ccccc1)N(c1ccccc1)O2. The summed E-state index contributed by atoms with van der Waals surface area (Å²) in [6, 6.07) is 31.1. The van der Waals surface area contributed by atoms with Gasteiger partial charge in [-0.3, -0.25) is 9.63 Å². The van der Waals surface area contributed by atoms with Gasteiger partial charge in [-0.05, 0) is 41.3 Å². The van der Waals surface area contributed by atoms with E-state index >= 15 is 0 Å². The molecule has 0 amide bonds. The fourth-order valence-electron chi connectivity index (χ4n) is 5.29. The molecule has 6 rings (SSSR count). The first kappa shape index (κ1) is 23.1. The van der Waals surface area contributed by atoms with Crippen molar-refractivity contribution < 1.29 is 18.0 Å². The summed E-state index contributed by atoms with van der Waals surface area (Å²) in [5.74, 6) is -0.610. The first-order valence-corrected chi connectivity index (χ1v) is 14.0. The maximum atomic E-state index is 14.1. The lowest BCUT2D eigenvalue weighted by Gasteiger charge is -2.30. The predicted octanol–water partition coefficient (Wildman–Crippen LogP) is 5.18. The van der Waals surface area contributed by atoms with E-state index < -0.39 is 21.5 Å². The van der Waals surface area contributed by atoms with Crippen molar-refractivity contribution in [3.63, 3.8) is 0 Å². The number of sulfonamides is 1. The number of hydrogen-bond donors (Lipinski definition) is 0. The smallest absolute Gasteiger partial charge is 0.243 e. The van der Waals surface area contributed by atoms with Crippen molar-refractivity contribution in [1.29, 1.82) is 0 Å². The molecule has 2 aliphatic heterocycles. The zero-order valence-electron chi connectivity index (χ0n) is 19.3. The van der Waals surface area contributed by atoms with Gasteiger partial charge in [0.05, 0.1) is 28.0 Å². The van der Waals surface area contributed by atoms with Crippen molar-refractivity contribution in [2.24, 2.45) is 5.92 Å². The molecular weight excluding hydrogens is 492 g/mol. The number of hydroxylamine groups is 1. The molecule has 2 fully saturated rings. The van der Waals surface area contributed by atoms with E-state index in [1.54, 1.807) is 41.5 Å². The van der Waals surface area contributed by atoms with Gasteiger partial charge in [0.15, 0.2) is 5.60 Å². The van der Waals surface area contributed by atoms with E-state index in [9.17, 15) is 13.2 Å². The number of Topliss-reactive ketones (excluding diaryl/α,β-unsaturated/α-hetero) is 1. The number of nitrogens with zero attached hydrogens (tertiary/aromatic N) is 2. The van der Waals surface area contributed by atoms with Crippen LogP contribution in [0.15, 0.2) is 113 Å². The van der Waals surface area contributed by atoms with Gasteiger partial charge in [-0.25, -0.2) is 13.5 Å². The first-order chi connectivity index (χ1) is 17.5. The summed E-state index contributed by atoms with van der Waals surface area (Å²) in [6.07, 6.45) is 0. The monoisotopic (exact) mass is 516 g/mol. The Morgan fingerprint density at radius 1 is 0.861 bits per heavy atom. The molecule has 3 heterocycles. The Kier molecular flexibility index (Phi) is 5.76. The van der Waals surface area contributed by atoms with E-state index in [1.807, 2.05) is 72.1 Å². The summed E-state index contributed by atoms with van der Waals surface area (Å²) in [5, 5.41) is 3.66. The molecule has 4 aromatic rings. The molecule has 0 saturated carbocycles.